The second-order valence-corrected chi connectivity index (χ2v) is 7.67. The highest BCUT2D eigenvalue weighted by molar-refractivity contribution is 6.08. The lowest BCUT2D eigenvalue weighted by atomic mass is 9.87. The number of esters is 1. The van der Waals surface area contributed by atoms with Crippen molar-refractivity contribution in [1.82, 2.24) is 15.1 Å². The highest BCUT2D eigenvalue weighted by Crippen LogP contribution is 2.29. The zero-order valence-corrected chi connectivity index (χ0v) is 15.1. The molecule has 0 aromatic heterocycles. The van der Waals surface area contributed by atoms with Gasteiger partial charge >= 0.3 is 12.0 Å². The Bertz CT molecular complexity index is 496. The molecule has 2 saturated heterocycles. The number of urea groups is 1. The molecule has 0 atom stereocenters. The molecule has 2 aliphatic heterocycles. The van der Waals surface area contributed by atoms with Gasteiger partial charge in [-0.3, -0.25) is 14.5 Å². The number of carbonyl (C=O) groups excluding carboxylic acids is 3. The number of ether oxygens (including phenoxy) is 1. The van der Waals surface area contributed by atoms with Crippen LogP contribution in [0.3, 0.4) is 0 Å². The van der Waals surface area contributed by atoms with Crippen LogP contribution >= 0.6 is 0 Å². The molecule has 0 unspecified atom stereocenters. The molecule has 136 valence electrons. The Kier molecular flexibility index (Phi) is 5.85. The summed E-state index contributed by atoms with van der Waals surface area (Å²) in [6.45, 7) is 10.7. The lowest BCUT2D eigenvalue weighted by Crippen LogP contribution is -2.55. The minimum Gasteiger partial charge on any atom is -0.464 e. The van der Waals surface area contributed by atoms with Crippen molar-refractivity contribution in [3.05, 3.63) is 0 Å². The van der Waals surface area contributed by atoms with Crippen LogP contribution in [-0.4, -0.2) is 66.0 Å². The third-order valence-corrected chi connectivity index (χ3v) is 4.44. The first kappa shape index (κ1) is 18.7. The minimum atomic E-state index is -0.844. The Morgan fingerprint density at radius 2 is 1.79 bits per heavy atom. The molecule has 2 heterocycles. The van der Waals surface area contributed by atoms with Crippen molar-refractivity contribution in [2.45, 2.75) is 46.1 Å². The monoisotopic (exact) mass is 339 g/mol. The molecule has 1 N–H and O–H groups in total. The molecule has 3 amide bonds. The number of hydrogen-bond donors (Lipinski definition) is 1. The zero-order valence-electron chi connectivity index (χ0n) is 15.1. The highest BCUT2D eigenvalue weighted by Gasteiger charge is 2.52. The molecule has 0 radical (unpaired) electrons. The fraction of sp³-hybridized carbons (Fsp3) is 0.824. The van der Waals surface area contributed by atoms with Gasteiger partial charge in [0.25, 0.3) is 5.91 Å². The van der Waals surface area contributed by atoms with Gasteiger partial charge in [-0.25, -0.2) is 4.79 Å². The van der Waals surface area contributed by atoms with E-state index in [4.69, 9.17) is 4.74 Å². The van der Waals surface area contributed by atoms with Crippen molar-refractivity contribution in [2.24, 2.45) is 11.8 Å². The zero-order chi connectivity index (χ0) is 17.9. The van der Waals surface area contributed by atoms with Gasteiger partial charge in [0.05, 0.1) is 6.61 Å². The van der Waals surface area contributed by atoms with E-state index < -0.39 is 17.5 Å². The molecule has 2 fully saturated rings. The van der Waals surface area contributed by atoms with Gasteiger partial charge in [-0.15, -0.1) is 0 Å². The number of rotatable bonds is 6. The number of likely N-dealkylation sites (tertiary alicyclic amines) is 1. The Balaban J connectivity index is 1.93. The fourth-order valence-electron chi connectivity index (χ4n) is 3.23. The molecular weight excluding hydrogens is 310 g/mol. The van der Waals surface area contributed by atoms with Crippen LogP contribution in [0.4, 0.5) is 4.79 Å². The van der Waals surface area contributed by atoms with Crippen LogP contribution < -0.4 is 5.32 Å². The first-order chi connectivity index (χ1) is 11.2. The van der Waals surface area contributed by atoms with Crippen molar-refractivity contribution in [2.75, 3.05) is 32.8 Å². The first-order valence-corrected chi connectivity index (χ1v) is 8.75. The van der Waals surface area contributed by atoms with Crippen molar-refractivity contribution >= 4 is 17.9 Å². The molecule has 0 aliphatic carbocycles. The maximum Gasteiger partial charge on any atom is 0.326 e. The maximum atomic E-state index is 12.7. The molecule has 7 nitrogen and oxygen atoms in total. The predicted octanol–water partition coefficient (Wildman–Crippen LogP) is 1.23. The Hall–Kier alpha value is -1.63. The summed E-state index contributed by atoms with van der Waals surface area (Å²) in [5.74, 6) is -0.0477. The van der Waals surface area contributed by atoms with E-state index in [0.29, 0.717) is 18.8 Å². The van der Waals surface area contributed by atoms with Gasteiger partial charge in [-0.1, -0.05) is 27.7 Å². The summed E-state index contributed by atoms with van der Waals surface area (Å²) in [5.41, 5.74) is -0.844. The Labute approximate surface area is 143 Å². The molecular formula is C17H29N3O4. The van der Waals surface area contributed by atoms with E-state index in [1.807, 2.05) is 13.8 Å². The Morgan fingerprint density at radius 1 is 1.17 bits per heavy atom. The van der Waals surface area contributed by atoms with Gasteiger partial charge in [-0.2, -0.15) is 0 Å². The number of piperidine rings is 1. The van der Waals surface area contributed by atoms with Crippen molar-refractivity contribution in [3.63, 3.8) is 0 Å². The molecule has 7 heteroatoms. The normalized spacial score (nSPS) is 21.0. The molecule has 1 spiro atoms. The number of imide groups is 1. The largest absolute Gasteiger partial charge is 0.464 e. The summed E-state index contributed by atoms with van der Waals surface area (Å²) in [6.07, 6.45) is 1.17. The summed E-state index contributed by atoms with van der Waals surface area (Å²) in [4.78, 5) is 40.0. The second-order valence-electron chi connectivity index (χ2n) is 7.67. The standard InChI is InChI=1S/C17H29N3O4/c1-12(2)9-19-7-5-17(6-8-19)15(22)20(16(23)18-17)10-14(21)24-11-13(3)4/h12-13H,5-11H2,1-4H3,(H,18,23). The number of carbonyl (C=O) groups is 3. The summed E-state index contributed by atoms with van der Waals surface area (Å²) in [5, 5.41) is 2.82. The van der Waals surface area contributed by atoms with Crippen LogP contribution in [0.5, 0.6) is 0 Å². The van der Waals surface area contributed by atoms with Crippen molar-refractivity contribution in [1.29, 1.82) is 0 Å². The Morgan fingerprint density at radius 3 is 2.33 bits per heavy atom. The van der Waals surface area contributed by atoms with E-state index in [1.165, 1.54) is 0 Å². The van der Waals surface area contributed by atoms with Gasteiger partial charge in [0, 0.05) is 19.6 Å². The number of nitrogens with zero attached hydrogens (tertiary/aromatic N) is 2. The molecule has 0 aromatic carbocycles. The molecule has 0 aromatic rings. The fourth-order valence-corrected chi connectivity index (χ4v) is 3.23. The average molecular weight is 339 g/mol. The molecule has 2 rings (SSSR count). The van der Waals surface area contributed by atoms with E-state index in [-0.39, 0.29) is 25.0 Å². The summed E-state index contributed by atoms with van der Waals surface area (Å²) in [7, 11) is 0. The SMILES string of the molecule is CC(C)COC(=O)CN1C(=O)NC2(CCN(CC(C)C)CC2)C1=O. The first-order valence-electron chi connectivity index (χ1n) is 8.75. The molecule has 0 saturated carbocycles. The lowest BCUT2D eigenvalue weighted by molar-refractivity contribution is -0.149. The lowest BCUT2D eigenvalue weighted by Gasteiger charge is -2.37. The third-order valence-electron chi connectivity index (χ3n) is 4.44. The molecule has 24 heavy (non-hydrogen) atoms. The van der Waals surface area contributed by atoms with Crippen molar-refractivity contribution < 1.29 is 19.1 Å². The van der Waals surface area contributed by atoms with Gasteiger partial charge in [0.1, 0.15) is 12.1 Å². The number of amides is 3. The van der Waals surface area contributed by atoms with Crippen LogP contribution in [0.2, 0.25) is 0 Å². The quantitative estimate of drug-likeness (QED) is 0.582. The summed E-state index contributed by atoms with van der Waals surface area (Å²) < 4.78 is 5.08. The molecule has 2 aliphatic rings. The van der Waals surface area contributed by atoms with Gasteiger partial charge in [0.2, 0.25) is 0 Å². The van der Waals surface area contributed by atoms with Gasteiger partial charge in [0.15, 0.2) is 0 Å². The van der Waals surface area contributed by atoms with Crippen LogP contribution in [0.1, 0.15) is 40.5 Å². The van der Waals surface area contributed by atoms with E-state index in [0.717, 1.165) is 24.5 Å². The topological polar surface area (TPSA) is 79.0 Å². The maximum absolute atomic E-state index is 12.7. The van der Waals surface area contributed by atoms with Crippen LogP contribution in [-0.2, 0) is 14.3 Å². The number of nitrogens with one attached hydrogen (secondary N) is 1. The van der Waals surface area contributed by atoms with Crippen LogP contribution in [0.25, 0.3) is 0 Å². The second kappa shape index (κ2) is 7.51. The highest BCUT2D eigenvalue weighted by atomic mass is 16.5. The smallest absolute Gasteiger partial charge is 0.326 e. The van der Waals surface area contributed by atoms with E-state index >= 15 is 0 Å². The minimum absolute atomic E-state index is 0.216. The van der Waals surface area contributed by atoms with Crippen LogP contribution in [0.15, 0.2) is 0 Å². The van der Waals surface area contributed by atoms with Gasteiger partial charge in [-0.05, 0) is 24.7 Å². The van der Waals surface area contributed by atoms with Crippen molar-refractivity contribution in [3.8, 4) is 0 Å². The number of hydrogen-bond acceptors (Lipinski definition) is 5. The summed E-state index contributed by atoms with van der Waals surface area (Å²) in [6, 6.07) is -0.487. The predicted molar refractivity (Wildman–Crippen MR) is 89.3 cm³/mol. The summed E-state index contributed by atoms with van der Waals surface area (Å²) >= 11 is 0. The molecule has 0 bridgehead atoms. The van der Waals surface area contributed by atoms with Gasteiger partial charge < -0.3 is 15.0 Å². The third kappa shape index (κ3) is 4.26. The van der Waals surface area contributed by atoms with E-state index in [9.17, 15) is 14.4 Å². The van der Waals surface area contributed by atoms with E-state index in [1.54, 1.807) is 0 Å². The van der Waals surface area contributed by atoms with Crippen LogP contribution in [0, 0.1) is 11.8 Å². The average Bonchev–Trinajstić information content (AvgIpc) is 2.72. The van der Waals surface area contributed by atoms with E-state index in [2.05, 4.69) is 24.1 Å².